The molecule has 1 aliphatic heterocycles. The van der Waals surface area contributed by atoms with Gasteiger partial charge in [0, 0.05) is 18.8 Å². The van der Waals surface area contributed by atoms with Crippen molar-refractivity contribution < 1.29 is 14.2 Å². The van der Waals surface area contributed by atoms with Crippen molar-refractivity contribution in [1.82, 2.24) is 15.0 Å². The van der Waals surface area contributed by atoms with Crippen molar-refractivity contribution in [3.05, 3.63) is 95.7 Å². The highest BCUT2D eigenvalue weighted by molar-refractivity contribution is 5.78. The molecule has 1 saturated heterocycles. The average molecular weight is 500 g/mol. The molecule has 1 aliphatic rings. The Morgan fingerprint density at radius 1 is 0.973 bits per heavy atom. The van der Waals surface area contributed by atoms with Gasteiger partial charge in [-0.2, -0.15) is 10.1 Å². The van der Waals surface area contributed by atoms with Crippen LogP contribution in [-0.4, -0.2) is 52.6 Å². The number of phenols is 1. The maximum absolute atomic E-state index is 14.2. The summed E-state index contributed by atoms with van der Waals surface area (Å²) in [5.41, 5.74) is 7.30. The fraction of sp³-hybridized carbons (Fsp3) is 0.185. The molecule has 4 aromatic rings. The quantitative estimate of drug-likeness (QED) is 0.243. The lowest BCUT2D eigenvalue weighted by atomic mass is 10.0. The zero-order valence-corrected chi connectivity index (χ0v) is 20.0. The fourth-order valence-electron chi connectivity index (χ4n) is 3.95. The number of rotatable bonds is 8. The number of nitrogens with one attached hydrogen (secondary N) is 2. The molecule has 0 saturated carbocycles. The Bertz CT molecular complexity index is 1380. The first-order chi connectivity index (χ1) is 18.1. The normalized spacial score (nSPS) is 13.6. The van der Waals surface area contributed by atoms with Crippen LogP contribution in [0.3, 0.4) is 0 Å². The minimum Gasteiger partial charge on any atom is -0.508 e. The van der Waals surface area contributed by atoms with Gasteiger partial charge in [-0.3, -0.25) is 4.98 Å². The van der Waals surface area contributed by atoms with Gasteiger partial charge in [0.15, 0.2) is 11.6 Å². The number of nitrogens with zero attached hydrogens (tertiary/aromatic N) is 5. The highest BCUT2D eigenvalue weighted by Gasteiger charge is 2.17. The van der Waals surface area contributed by atoms with E-state index in [9.17, 15) is 9.50 Å². The summed E-state index contributed by atoms with van der Waals surface area (Å²) in [6.07, 6.45) is 5.11. The molecule has 0 radical (unpaired) electrons. The summed E-state index contributed by atoms with van der Waals surface area (Å²) in [5, 5.41) is 17.2. The molecule has 2 aromatic carbocycles. The van der Waals surface area contributed by atoms with E-state index in [1.165, 1.54) is 0 Å². The fourth-order valence-corrected chi connectivity index (χ4v) is 3.95. The smallest absolute Gasteiger partial charge is 0.245 e. The summed E-state index contributed by atoms with van der Waals surface area (Å²) < 4.78 is 19.5. The molecule has 0 amide bonds. The van der Waals surface area contributed by atoms with Gasteiger partial charge in [0.25, 0.3) is 0 Å². The van der Waals surface area contributed by atoms with Crippen LogP contribution in [0.25, 0.3) is 0 Å². The van der Waals surface area contributed by atoms with Crippen molar-refractivity contribution in [2.45, 2.75) is 6.42 Å². The Balaban J connectivity index is 1.18. The minimum atomic E-state index is -0.480. The van der Waals surface area contributed by atoms with Crippen molar-refractivity contribution in [1.29, 1.82) is 0 Å². The summed E-state index contributed by atoms with van der Waals surface area (Å²) in [5.74, 6) is 0.212. The predicted molar refractivity (Wildman–Crippen MR) is 141 cm³/mol. The van der Waals surface area contributed by atoms with Gasteiger partial charge in [-0.1, -0.05) is 24.3 Å². The number of hydrazone groups is 1. The minimum absolute atomic E-state index is 0.197. The Labute approximate surface area is 213 Å². The van der Waals surface area contributed by atoms with Crippen LogP contribution in [-0.2, 0) is 11.2 Å². The summed E-state index contributed by atoms with van der Waals surface area (Å²) in [6.45, 7) is 2.21. The number of phenolic OH excluding ortho intramolecular Hbond substituents is 1. The molecule has 0 unspecified atom stereocenters. The van der Waals surface area contributed by atoms with Gasteiger partial charge in [0.05, 0.1) is 43.2 Å². The molecule has 1 fully saturated rings. The van der Waals surface area contributed by atoms with Crippen molar-refractivity contribution in [2.24, 2.45) is 5.10 Å². The summed E-state index contributed by atoms with van der Waals surface area (Å²) >= 11 is 0. The zero-order chi connectivity index (χ0) is 25.5. The second kappa shape index (κ2) is 11.4. The summed E-state index contributed by atoms with van der Waals surface area (Å²) in [7, 11) is 0. The van der Waals surface area contributed by atoms with Gasteiger partial charge in [-0.25, -0.2) is 14.8 Å². The number of anilines is 4. The van der Waals surface area contributed by atoms with Crippen LogP contribution in [0.1, 0.15) is 16.8 Å². The number of morpholine rings is 1. The van der Waals surface area contributed by atoms with E-state index >= 15 is 0 Å². The highest BCUT2D eigenvalue weighted by atomic mass is 19.1. The first-order valence-corrected chi connectivity index (χ1v) is 11.9. The molecular formula is C27H26FN7O2. The Morgan fingerprint density at radius 2 is 1.78 bits per heavy atom. The number of pyridine rings is 1. The standard InChI is InChI=1S/C27H26FN7O2/c28-25-18-30-27(33-26(25)35-9-11-37-12-10-35)34-31-17-22-7-8-23(16-29-22)32-21-5-1-3-19(14-21)13-20-4-2-6-24(36)15-20/h1-8,14-18,32,36H,9-13H2,(H,30,33,34)/b31-17+. The van der Waals surface area contributed by atoms with Crippen LogP contribution < -0.4 is 15.6 Å². The van der Waals surface area contributed by atoms with Crippen LogP contribution in [0.5, 0.6) is 5.75 Å². The maximum Gasteiger partial charge on any atom is 0.245 e. The van der Waals surface area contributed by atoms with Crippen molar-refractivity contribution in [3.8, 4) is 5.75 Å². The van der Waals surface area contributed by atoms with E-state index < -0.39 is 5.82 Å². The lowest BCUT2D eigenvalue weighted by Gasteiger charge is -2.27. The van der Waals surface area contributed by atoms with Gasteiger partial charge in [0.2, 0.25) is 5.95 Å². The van der Waals surface area contributed by atoms with E-state index in [-0.39, 0.29) is 17.5 Å². The van der Waals surface area contributed by atoms with E-state index in [0.717, 1.165) is 35.1 Å². The van der Waals surface area contributed by atoms with Crippen LogP contribution >= 0.6 is 0 Å². The molecule has 0 aliphatic carbocycles. The molecule has 188 valence electrons. The van der Waals surface area contributed by atoms with Gasteiger partial charge in [-0.05, 0) is 53.9 Å². The van der Waals surface area contributed by atoms with Crippen LogP contribution in [0, 0.1) is 5.82 Å². The third-order valence-corrected chi connectivity index (χ3v) is 5.72. The van der Waals surface area contributed by atoms with E-state index in [2.05, 4.69) is 42.9 Å². The first kappa shape index (κ1) is 24.1. The van der Waals surface area contributed by atoms with Crippen LogP contribution in [0.2, 0.25) is 0 Å². The third-order valence-electron chi connectivity index (χ3n) is 5.72. The van der Waals surface area contributed by atoms with E-state index in [0.29, 0.717) is 32.0 Å². The second-order valence-electron chi connectivity index (χ2n) is 8.48. The van der Waals surface area contributed by atoms with E-state index in [4.69, 9.17) is 4.74 Å². The van der Waals surface area contributed by atoms with Crippen molar-refractivity contribution in [3.63, 3.8) is 0 Å². The topological polar surface area (TPSA) is 108 Å². The van der Waals surface area contributed by atoms with Crippen LogP contribution in [0.4, 0.5) is 27.5 Å². The number of aromatic nitrogens is 3. The molecule has 5 rings (SSSR count). The predicted octanol–water partition coefficient (Wildman–Crippen LogP) is 4.33. The number of halogens is 1. The second-order valence-corrected chi connectivity index (χ2v) is 8.48. The van der Waals surface area contributed by atoms with Gasteiger partial charge >= 0.3 is 0 Å². The maximum atomic E-state index is 14.2. The Hall–Kier alpha value is -4.57. The molecule has 2 aromatic heterocycles. The van der Waals surface area contributed by atoms with E-state index in [1.807, 2.05) is 41.3 Å². The first-order valence-electron chi connectivity index (χ1n) is 11.9. The monoisotopic (exact) mass is 499 g/mol. The molecule has 10 heteroatoms. The van der Waals surface area contributed by atoms with Crippen LogP contribution in [0.15, 0.2) is 78.2 Å². The lowest BCUT2D eigenvalue weighted by molar-refractivity contribution is 0.122. The number of aromatic hydroxyl groups is 1. The molecule has 3 heterocycles. The highest BCUT2D eigenvalue weighted by Crippen LogP contribution is 2.21. The number of benzene rings is 2. The zero-order valence-electron chi connectivity index (χ0n) is 20.0. The van der Waals surface area contributed by atoms with Gasteiger partial charge < -0.3 is 20.1 Å². The lowest BCUT2D eigenvalue weighted by Crippen LogP contribution is -2.37. The Morgan fingerprint density at radius 3 is 2.57 bits per heavy atom. The van der Waals surface area contributed by atoms with Gasteiger partial charge in [0.1, 0.15) is 5.75 Å². The third kappa shape index (κ3) is 6.56. The molecule has 9 nitrogen and oxygen atoms in total. The molecule has 0 bridgehead atoms. The molecular weight excluding hydrogens is 473 g/mol. The SMILES string of the molecule is Oc1cccc(Cc2cccc(Nc3ccc(/C=N/Nc4ncc(F)c(N5CCOCC5)n4)nc3)c2)c1. The molecule has 3 N–H and O–H groups in total. The number of hydrogen-bond acceptors (Lipinski definition) is 9. The van der Waals surface area contributed by atoms with Crippen molar-refractivity contribution in [2.75, 3.05) is 41.9 Å². The molecule has 0 atom stereocenters. The summed E-state index contributed by atoms with van der Waals surface area (Å²) in [4.78, 5) is 14.4. The largest absolute Gasteiger partial charge is 0.508 e. The number of ether oxygens (including phenoxy) is 1. The summed E-state index contributed by atoms with van der Waals surface area (Å²) in [6, 6.07) is 19.1. The van der Waals surface area contributed by atoms with Crippen molar-refractivity contribution >= 4 is 29.4 Å². The van der Waals surface area contributed by atoms with Gasteiger partial charge in [-0.15, -0.1) is 0 Å². The Kier molecular flexibility index (Phi) is 7.47. The molecule has 37 heavy (non-hydrogen) atoms. The average Bonchev–Trinajstić information content (AvgIpc) is 2.91. The number of hydrogen-bond donors (Lipinski definition) is 3. The van der Waals surface area contributed by atoms with E-state index in [1.54, 1.807) is 24.5 Å². The molecule has 0 spiro atoms.